The number of rotatable bonds is 7. The van der Waals surface area contributed by atoms with E-state index in [-0.39, 0.29) is 11.8 Å². The normalized spacial score (nSPS) is 18.1. The molecule has 0 fully saturated rings. The molecule has 0 saturated carbocycles. The van der Waals surface area contributed by atoms with Gasteiger partial charge in [0, 0.05) is 17.8 Å². The third-order valence-electron chi connectivity index (χ3n) is 7.31. The van der Waals surface area contributed by atoms with Crippen molar-refractivity contribution in [1.82, 2.24) is 4.90 Å². The Hall–Kier alpha value is -3.80. The molecule has 0 unspecified atom stereocenters. The van der Waals surface area contributed by atoms with Crippen molar-refractivity contribution in [2.75, 3.05) is 25.1 Å². The first kappa shape index (κ1) is 24.9. The number of ether oxygens (including phenoxy) is 2. The fourth-order valence-electron chi connectivity index (χ4n) is 5.53. The lowest BCUT2D eigenvalue weighted by atomic mass is 9.75. The smallest absolute Gasteiger partial charge is 0.254 e. The fraction of sp³-hybridized carbons (Fsp3) is 0.355. The molecule has 0 bridgehead atoms. The summed E-state index contributed by atoms with van der Waals surface area (Å²) in [6.07, 6.45) is 0.692. The van der Waals surface area contributed by atoms with Crippen LogP contribution in [0.25, 0.3) is 0 Å². The summed E-state index contributed by atoms with van der Waals surface area (Å²) in [6, 6.07) is 19.0. The van der Waals surface area contributed by atoms with Gasteiger partial charge in [-0.25, -0.2) is 0 Å². The zero-order valence-electron chi connectivity index (χ0n) is 21.9. The number of amides is 2. The molecule has 192 valence electrons. The van der Waals surface area contributed by atoms with E-state index in [9.17, 15) is 9.59 Å². The van der Waals surface area contributed by atoms with Crippen molar-refractivity contribution in [2.45, 2.75) is 52.0 Å². The second kappa shape index (κ2) is 10.3. The van der Waals surface area contributed by atoms with Gasteiger partial charge >= 0.3 is 0 Å². The molecular weight excluding hydrogens is 464 g/mol. The van der Waals surface area contributed by atoms with E-state index in [2.05, 4.69) is 19.2 Å². The topological polar surface area (TPSA) is 67.9 Å². The van der Waals surface area contributed by atoms with Crippen LogP contribution in [0.3, 0.4) is 0 Å². The first-order chi connectivity index (χ1) is 17.9. The Bertz CT molecular complexity index is 1320. The third kappa shape index (κ3) is 4.57. The molecule has 0 aromatic heterocycles. The maximum Gasteiger partial charge on any atom is 0.254 e. The van der Waals surface area contributed by atoms with Gasteiger partial charge in [0.2, 0.25) is 5.91 Å². The number of fused-ring (bicyclic) bond motifs is 4. The molecule has 0 spiro atoms. The predicted molar refractivity (Wildman–Crippen MR) is 145 cm³/mol. The van der Waals surface area contributed by atoms with Gasteiger partial charge in [0.15, 0.2) is 11.5 Å². The van der Waals surface area contributed by atoms with Gasteiger partial charge in [-0.15, -0.1) is 0 Å². The van der Waals surface area contributed by atoms with E-state index >= 15 is 0 Å². The lowest BCUT2D eigenvalue weighted by Crippen LogP contribution is -2.49. The van der Waals surface area contributed by atoms with Crippen LogP contribution in [0, 0.1) is 0 Å². The molecule has 2 atom stereocenters. The maximum absolute atomic E-state index is 14.0. The lowest BCUT2D eigenvalue weighted by molar-refractivity contribution is -0.119. The van der Waals surface area contributed by atoms with E-state index in [1.807, 2.05) is 79.4 Å². The fourth-order valence-corrected chi connectivity index (χ4v) is 5.53. The molecule has 37 heavy (non-hydrogen) atoms. The molecular formula is C31H34N2O4. The van der Waals surface area contributed by atoms with Crippen molar-refractivity contribution in [3.05, 3.63) is 88.5 Å². The van der Waals surface area contributed by atoms with Crippen LogP contribution in [0.4, 0.5) is 5.69 Å². The Morgan fingerprint density at radius 2 is 1.65 bits per heavy atom. The molecule has 0 saturated heterocycles. The monoisotopic (exact) mass is 498 g/mol. The number of carbonyl (C=O) groups excluding carboxylic acids is 2. The number of nitrogens with zero attached hydrogens (tertiary/aromatic N) is 1. The summed E-state index contributed by atoms with van der Waals surface area (Å²) >= 11 is 0. The minimum atomic E-state index is -0.565. The first-order valence-electron chi connectivity index (χ1n) is 13.2. The minimum Gasteiger partial charge on any atom is -0.490 e. The first-order valence-corrected chi connectivity index (χ1v) is 13.2. The Balaban J connectivity index is 1.60. The zero-order valence-corrected chi connectivity index (χ0v) is 21.9. The molecule has 3 aromatic rings. The Morgan fingerprint density at radius 1 is 0.973 bits per heavy atom. The van der Waals surface area contributed by atoms with Crippen molar-refractivity contribution >= 4 is 17.5 Å². The largest absolute Gasteiger partial charge is 0.490 e. The molecule has 2 aliphatic rings. The van der Waals surface area contributed by atoms with Crippen LogP contribution in [0.5, 0.6) is 11.5 Å². The lowest BCUT2D eigenvalue weighted by Gasteiger charge is -2.45. The van der Waals surface area contributed by atoms with Crippen LogP contribution in [0.2, 0.25) is 0 Å². The number of nitrogens with one attached hydrogen (secondary N) is 1. The maximum atomic E-state index is 14.0. The summed E-state index contributed by atoms with van der Waals surface area (Å²) in [5.41, 5.74) is 5.33. The molecule has 0 radical (unpaired) electrons. The molecule has 2 aliphatic heterocycles. The van der Waals surface area contributed by atoms with E-state index in [0.717, 1.165) is 22.4 Å². The zero-order chi connectivity index (χ0) is 26.1. The average molecular weight is 499 g/mol. The highest BCUT2D eigenvalue weighted by Crippen LogP contribution is 2.48. The summed E-state index contributed by atoms with van der Waals surface area (Å²) in [6.45, 7) is 9.73. The summed E-state index contributed by atoms with van der Waals surface area (Å²) in [7, 11) is 0. The van der Waals surface area contributed by atoms with Gasteiger partial charge in [-0.1, -0.05) is 44.2 Å². The summed E-state index contributed by atoms with van der Waals surface area (Å²) in [5, 5.41) is 3.14. The van der Waals surface area contributed by atoms with Crippen molar-refractivity contribution in [2.24, 2.45) is 0 Å². The van der Waals surface area contributed by atoms with Gasteiger partial charge in [-0.3, -0.25) is 9.59 Å². The van der Waals surface area contributed by atoms with Crippen LogP contribution in [0.1, 0.15) is 78.2 Å². The van der Waals surface area contributed by atoms with E-state index in [1.165, 1.54) is 5.56 Å². The van der Waals surface area contributed by atoms with Gasteiger partial charge in [0.25, 0.3) is 5.91 Å². The predicted octanol–water partition coefficient (Wildman–Crippen LogP) is 6.08. The van der Waals surface area contributed by atoms with E-state index in [4.69, 9.17) is 9.47 Å². The van der Waals surface area contributed by atoms with Crippen LogP contribution < -0.4 is 14.8 Å². The second-order valence-corrected chi connectivity index (χ2v) is 9.89. The standard InChI is InChI=1S/C31H34N2O4/c1-5-36-26-17-21-15-16-33-29(25(21)18-27(26)37-6-2)28(23-9-7-8-10-24(23)31(33)35)30(34)32-22-13-11-20(12-14-22)19(3)4/h7-14,17-19,28-29H,5-6,15-16H2,1-4H3,(H,32,34)/t28-,29-/m0/s1. The SMILES string of the molecule is CCOc1cc2c(cc1OCC)[C@H]1[C@@H](C(=O)Nc3ccc(C(C)C)cc3)c3ccccc3C(=O)N1CC2. The summed E-state index contributed by atoms with van der Waals surface area (Å²) in [5.74, 6) is 1.01. The Labute approximate surface area is 218 Å². The summed E-state index contributed by atoms with van der Waals surface area (Å²) in [4.78, 5) is 29.5. The molecule has 2 amide bonds. The number of hydrogen-bond acceptors (Lipinski definition) is 4. The second-order valence-electron chi connectivity index (χ2n) is 9.89. The molecule has 3 aromatic carbocycles. The minimum absolute atomic E-state index is 0.0385. The van der Waals surface area contributed by atoms with Crippen molar-refractivity contribution < 1.29 is 19.1 Å². The van der Waals surface area contributed by atoms with Crippen molar-refractivity contribution in [3.63, 3.8) is 0 Å². The molecule has 5 rings (SSSR count). The van der Waals surface area contributed by atoms with Crippen LogP contribution in [0.15, 0.2) is 60.7 Å². The number of carbonyl (C=O) groups is 2. The quantitative estimate of drug-likeness (QED) is 0.429. The van der Waals surface area contributed by atoms with Crippen molar-refractivity contribution in [3.8, 4) is 11.5 Å². The van der Waals surface area contributed by atoms with E-state index in [0.29, 0.717) is 49.2 Å². The highest BCUT2D eigenvalue weighted by Gasteiger charge is 2.46. The van der Waals surface area contributed by atoms with Gasteiger partial charge in [-0.2, -0.15) is 0 Å². The molecule has 6 nitrogen and oxygen atoms in total. The van der Waals surface area contributed by atoms with E-state index < -0.39 is 12.0 Å². The highest BCUT2D eigenvalue weighted by atomic mass is 16.5. The number of anilines is 1. The van der Waals surface area contributed by atoms with Crippen molar-refractivity contribution in [1.29, 1.82) is 0 Å². The number of benzene rings is 3. The van der Waals surface area contributed by atoms with Crippen LogP contribution in [-0.4, -0.2) is 36.5 Å². The number of hydrogen-bond donors (Lipinski definition) is 1. The van der Waals surface area contributed by atoms with E-state index in [1.54, 1.807) is 0 Å². The van der Waals surface area contributed by atoms with Crippen LogP contribution in [-0.2, 0) is 11.2 Å². The average Bonchev–Trinajstić information content (AvgIpc) is 2.90. The van der Waals surface area contributed by atoms with Gasteiger partial charge in [0.05, 0.1) is 25.2 Å². The molecule has 1 N–H and O–H groups in total. The molecule has 2 heterocycles. The van der Waals surface area contributed by atoms with Gasteiger partial charge in [-0.05, 0) is 78.8 Å². The summed E-state index contributed by atoms with van der Waals surface area (Å²) < 4.78 is 11.8. The molecule has 6 heteroatoms. The Kier molecular flexibility index (Phi) is 6.92. The van der Waals surface area contributed by atoms with Gasteiger partial charge in [0.1, 0.15) is 0 Å². The third-order valence-corrected chi connectivity index (χ3v) is 7.31. The molecule has 0 aliphatic carbocycles. The Morgan fingerprint density at radius 3 is 2.32 bits per heavy atom. The highest BCUT2D eigenvalue weighted by molar-refractivity contribution is 6.04. The van der Waals surface area contributed by atoms with Gasteiger partial charge < -0.3 is 19.7 Å². The van der Waals surface area contributed by atoms with Crippen LogP contribution >= 0.6 is 0 Å².